The maximum Gasteiger partial charge on any atom is 0.310 e. The van der Waals surface area contributed by atoms with E-state index in [1.807, 2.05) is 23.1 Å². The van der Waals surface area contributed by atoms with E-state index in [1.54, 1.807) is 31.1 Å². The van der Waals surface area contributed by atoms with Crippen LogP contribution in [0.15, 0.2) is 64.6 Å². The number of fused-ring (bicyclic) bond motifs is 1. The molecule has 2 fully saturated rings. The van der Waals surface area contributed by atoms with Crippen molar-refractivity contribution in [1.82, 2.24) is 19.7 Å². The van der Waals surface area contributed by atoms with Gasteiger partial charge in [0.2, 0.25) is 5.84 Å². The predicted molar refractivity (Wildman–Crippen MR) is 134 cm³/mol. The number of halogens is 5. The maximum absolute atomic E-state index is 13.2. The summed E-state index contributed by atoms with van der Waals surface area (Å²) in [5, 5.41) is 8.51. The van der Waals surface area contributed by atoms with Gasteiger partial charge in [-0.3, -0.25) is 0 Å². The summed E-state index contributed by atoms with van der Waals surface area (Å²) >= 11 is 0. The maximum atomic E-state index is 13.2. The van der Waals surface area contributed by atoms with Crippen LogP contribution in [0.4, 0.5) is 19.4 Å². The van der Waals surface area contributed by atoms with Crippen molar-refractivity contribution in [2.45, 2.75) is 36.3 Å². The molecule has 2 aromatic carbocycles. The van der Waals surface area contributed by atoms with Gasteiger partial charge >= 0.3 is 10.2 Å². The Balaban J connectivity index is 1.33. The number of morpholine rings is 1. The molecule has 0 amide bonds. The van der Waals surface area contributed by atoms with Crippen molar-refractivity contribution in [3.05, 3.63) is 71.5 Å². The Kier molecular flexibility index (Phi) is 5.14. The smallest absolute Gasteiger partial charge is 0.310 e. The quantitative estimate of drug-likeness (QED) is 0.325. The first kappa shape index (κ1) is 25.5. The first-order chi connectivity index (χ1) is 18.2. The van der Waals surface area contributed by atoms with Gasteiger partial charge < -0.3 is 19.2 Å². The van der Waals surface area contributed by atoms with Crippen molar-refractivity contribution in [3.8, 4) is 11.4 Å². The Morgan fingerprint density at radius 3 is 2.44 bits per heavy atom. The fourth-order valence-corrected chi connectivity index (χ4v) is 5.41. The Morgan fingerprint density at radius 1 is 1.08 bits per heavy atom. The molecule has 3 aliphatic rings. The minimum Gasteiger partial charge on any atom is -0.494 e. The minimum absolute atomic E-state index is 0.0441. The Morgan fingerprint density at radius 2 is 1.82 bits per heavy atom. The normalized spacial score (nSPS) is 22.7. The fraction of sp³-hybridized carbons (Fsp3) is 0.320. The fourth-order valence-electron chi connectivity index (χ4n) is 4.76. The molecule has 14 heteroatoms. The monoisotopic (exact) mass is 569 g/mol. The zero-order valence-electron chi connectivity index (χ0n) is 20.9. The molecule has 1 unspecified atom stereocenters. The van der Waals surface area contributed by atoms with Crippen LogP contribution in [0.1, 0.15) is 35.8 Å². The van der Waals surface area contributed by atoms with E-state index in [0.29, 0.717) is 53.1 Å². The molecule has 1 aliphatic carbocycles. The Hall–Kier alpha value is -3.81. The SMILES string of the molecule is COc1cc(/C=C2\OC3(CC3)CN3C2=NOCC3c2ccc(S(F)(F)(F)(F)F)cc2)ccc1-n1cnc(C)n1. The summed E-state index contributed by atoms with van der Waals surface area (Å²) in [6.45, 7) is 2.26. The lowest BCUT2D eigenvalue weighted by atomic mass is 10.0. The molecule has 2 aliphatic heterocycles. The number of hydrogen-bond donors (Lipinski definition) is 0. The van der Waals surface area contributed by atoms with Crippen LogP contribution in [0.25, 0.3) is 11.8 Å². The molecule has 3 aromatic rings. The van der Waals surface area contributed by atoms with Gasteiger partial charge in [0.05, 0.1) is 19.7 Å². The zero-order chi connectivity index (χ0) is 27.7. The van der Waals surface area contributed by atoms with Crippen molar-refractivity contribution in [2.24, 2.45) is 5.16 Å². The van der Waals surface area contributed by atoms with Crippen LogP contribution in [0.3, 0.4) is 0 Å². The number of amidine groups is 1. The summed E-state index contributed by atoms with van der Waals surface area (Å²) in [5.41, 5.74) is 1.37. The number of rotatable bonds is 5. The molecule has 1 saturated carbocycles. The van der Waals surface area contributed by atoms with E-state index < -0.39 is 26.8 Å². The second-order valence-electron chi connectivity index (χ2n) is 9.85. The van der Waals surface area contributed by atoms with Crippen LogP contribution in [-0.4, -0.2) is 51.4 Å². The van der Waals surface area contributed by atoms with Crippen LogP contribution in [0, 0.1) is 6.92 Å². The first-order valence-electron chi connectivity index (χ1n) is 12.0. The molecule has 3 heterocycles. The highest BCUT2D eigenvalue weighted by molar-refractivity contribution is 8.45. The molecule has 6 rings (SSSR count). The van der Waals surface area contributed by atoms with Gasteiger partial charge in [-0.1, -0.05) is 42.8 Å². The highest BCUT2D eigenvalue weighted by atomic mass is 32.5. The summed E-state index contributed by atoms with van der Waals surface area (Å²) in [7, 11) is -8.23. The molecule has 208 valence electrons. The second-order valence-corrected chi connectivity index (χ2v) is 12.3. The topological polar surface area (TPSA) is 74.0 Å². The van der Waals surface area contributed by atoms with E-state index in [0.717, 1.165) is 30.5 Å². The van der Waals surface area contributed by atoms with Crippen molar-refractivity contribution in [3.63, 3.8) is 0 Å². The number of ether oxygens (including phenoxy) is 2. The van der Waals surface area contributed by atoms with Crippen molar-refractivity contribution in [2.75, 3.05) is 20.3 Å². The molecular formula is C25H24F5N5O3S. The third-order valence-corrected chi connectivity index (χ3v) is 8.07. The highest BCUT2D eigenvalue weighted by Gasteiger charge is 2.65. The number of methoxy groups -OCH3 is 1. The lowest BCUT2D eigenvalue weighted by Gasteiger charge is -2.44. The number of benzene rings is 2. The van der Waals surface area contributed by atoms with Crippen LogP contribution < -0.4 is 4.74 Å². The van der Waals surface area contributed by atoms with E-state index in [1.165, 1.54) is 0 Å². The lowest BCUT2D eigenvalue weighted by molar-refractivity contribution is -0.00392. The van der Waals surface area contributed by atoms with E-state index in [2.05, 4.69) is 15.2 Å². The van der Waals surface area contributed by atoms with Crippen LogP contribution in [0.5, 0.6) is 5.75 Å². The number of aryl methyl sites for hydroxylation is 1. The van der Waals surface area contributed by atoms with Gasteiger partial charge in [0, 0.05) is 0 Å². The van der Waals surface area contributed by atoms with Crippen molar-refractivity contribution in [1.29, 1.82) is 0 Å². The standard InChI is InChI=1S/C25H24F5N5O3S/c1-16-31-15-35(32-16)20-8-3-17(11-22(20)36-2)12-23-24-33-37-13-21(34(24)14-25(38-23)9-10-25)18-4-6-19(7-5-18)39(26,27,28,29)30/h3-8,11-12,15,21H,9-10,13-14H2,1-2H3/b23-12-. The van der Waals surface area contributed by atoms with Gasteiger partial charge in [-0.15, -0.1) is 0 Å². The molecule has 8 nitrogen and oxygen atoms in total. The molecule has 0 N–H and O–H groups in total. The van der Waals surface area contributed by atoms with E-state index >= 15 is 0 Å². The van der Waals surface area contributed by atoms with Gasteiger partial charge in [-0.25, -0.2) is 9.67 Å². The number of oxime groups is 1. The van der Waals surface area contributed by atoms with Crippen LogP contribution in [0.2, 0.25) is 0 Å². The average molecular weight is 570 g/mol. The number of nitrogens with zero attached hydrogens (tertiary/aromatic N) is 5. The van der Waals surface area contributed by atoms with E-state index in [-0.39, 0.29) is 6.61 Å². The summed E-state index contributed by atoms with van der Waals surface area (Å²) in [4.78, 5) is 9.57. The van der Waals surface area contributed by atoms with Gasteiger partial charge in [-0.2, -0.15) is 5.10 Å². The summed E-state index contributed by atoms with van der Waals surface area (Å²) in [6, 6.07) is 7.94. The number of hydrogen-bond acceptors (Lipinski definition) is 7. The van der Waals surface area contributed by atoms with Gasteiger partial charge in [0.1, 0.15) is 40.7 Å². The van der Waals surface area contributed by atoms with Crippen molar-refractivity contribution >= 4 is 22.1 Å². The van der Waals surface area contributed by atoms with Gasteiger partial charge in [-0.05, 0) is 61.2 Å². The van der Waals surface area contributed by atoms with Crippen molar-refractivity contribution < 1.29 is 33.7 Å². The molecule has 1 aromatic heterocycles. The third-order valence-electron chi connectivity index (χ3n) is 6.91. The van der Waals surface area contributed by atoms with E-state index in [4.69, 9.17) is 14.3 Å². The Labute approximate surface area is 220 Å². The third kappa shape index (κ3) is 4.88. The summed E-state index contributed by atoms with van der Waals surface area (Å²) in [5.74, 6) is 1.96. The summed E-state index contributed by atoms with van der Waals surface area (Å²) in [6.07, 6.45) is 4.95. The van der Waals surface area contributed by atoms with Gasteiger partial charge in [0.25, 0.3) is 0 Å². The predicted octanol–water partition coefficient (Wildman–Crippen LogP) is 6.53. The van der Waals surface area contributed by atoms with Crippen LogP contribution in [-0.2, 0) is 9.57 Å². The molecular weight excluding hydrogens is 545 g/mol. The summed E-state index contributed by atoms with van der Waals surface area (Å²) < 4.78 is 79.7. The van der Waals surface area contributed by atoms with Crippen LogP contribution >= 0.6 is 10.2 Å². The molecule has 1 atom stereocenters. The zero-order valence-corrected chi connectivity index (χ0v) is 21.7. The van der Waals surface area contributed by atoms with E-state index in [9.17, 15) is 19.4 Å². The second kappa shape index (κ2) is 7.87. The lowest BCUT2D eigenvalue weighted by Crippen LogP contribution is -2.51. The number of aromatic nitrogens is 3. The molecule has 0 radical (unpaired) electrons. The molecule has 1 saturated heterocycles. The largest absolute Gasteiger partial charge is 0.494 e. The highest BCUT2D eigenvalue weighted by Crippen LogP contribution is 3.02. The molecule has 1 spiro atoms. The molecule has 39 heavy (non-hydrogen) atoms. The minimum atomic E-state index is -9.77. The first-order valence-corrected chi connectivity index (χ1v) is 14.0. The van der Waals surface area contributed by atoms with Gasteiger partial charge in [0.15, 0.2) is 5.76 Å². The molecule has 0 bridgehead atoms. The Bertz CT molecular complexity index is 1520. The average Bonchev–Trinajstić information content (AvgIpc) is 3.47.